The zero-order valence-electron chi connectivity index (χ0n) is 18.2. The summed E-state index contributed by atoms with van der Waals surface area (Å²) in [4.78, 5) is 38.5. The lowest BCUT2D eigenvalue weighted by Gasteiger charge is -2.31. The molecule has 0 aromatic carbocycles. The molecule has 0 bridgehead atoms. The van der Waals surface area contributed by atoms with Crippen LogP contribution in [0.15, 0.2) is 0 Å². The Morgan fingerprint density at radius 3 is 2.06 bits per heavy atom. The third kappa shape index (κ3) is 8.85. The number of imide groups is 1. The van der Waals surface area contributed by atoms with E-state index in [0.717, 1.165) is 0 Å². The van der Waals surface area contributed by atoms with Gasteiger partial charge in [-0.25, -0.2) is 9.69 Å². The highest BCUT2D eigenvalue weighted by Gasteiger charge is 2.47. The normalized spacial score (nSPS) is 19.1. The average molecular weight is 477 g/mol. The van der Waals surface area contributed by atoms with Gasteiger partial charge in [-0.15, -0.1) is 0 Å². The minimum atomic E-state index is -4.72. The molecule has 186 valence electrons. The number of carbonyl (C=O) groups is 3. The lowest BCUT2D eigenvalue weighted by molar-refractivity contribution is -0.165. The second-order valence-corrected chi connectivity index (χ2v) is 8.14. The summed E-state index contributed by atoms with van der Waals surface area (Å²) in [5.41, 5.74) is 0. The van der Waals surface area contributed by atoms with Gasteiger partial charge in [-0.05, 0) is 25.2 Å². The number of hydrogen-bond acceptors (Lipinski definition) is 5. The number of nitrogens with zero attached hydrogens (tertiary/aromatic N) is 1. The fourth-order valence-corrected chi connectivity index (χ4v) is 3.40. The van der Waals surface area contributed by atoms with Crippen molar-refractivity contribution in [2.75, 3.05) is 13.2 Å². The Balaban J connectivity index is 3.28. The van der Waals surface area contributed by atoms with Gasteiger partial charge in [-0.1, -0.05) is 27.2 Å². The fourth-order valence-electron chi connectivity index (χ4n) is 3.40. The van der Waals surface area contributed by atoms with E-state index in [-0.39, 0.29) is 19.1 Å². The molecule has 0 radical (unpaired) electrons. The highest BCUT2D eigenvalue weighted by atomic mass is 19.4. The van der Waals surface area contributed by atoms with Crippen LogP contribution >= 0.6 is 0 Å². The summed E-state index contributed by atoms with van der Waals surface area (Å²) < 4.78 is 87.1. The molecule has 1 aliphatic heterocycles. The highest BCUT2D eigenvalue weighted by Crippen LogP contribution is 2.35. The lowest BCUT2D eigenvalue weighted by atomic mass is 9.83. The highest BCUT2D eigenvalue weighted by molar-refractivity contribution is 5.96. The molecule has 1 rings (SSSR count). The second-order valence-electron chi connectivity index (χ2n) is 8.14. The number of unbranched alkanes of at least 4 members (excludes halogenated alkanes) is 1. The summed E-state index contributed by atoms with van der Waals surface area (Å²) >= 11 is 0. The van der Waals surface area contributed by atoms with Gasteiger partial charge in [-0.2, -0.15) is 26.3 Å². The first-order valence-corrected chi connectivity index (χ1v) is 10.5. The Bertz CT molecular complexity index is 649. The molecule has 0 aliphatic carbocycles. The summed E-state index contributed by atoms with van der Waals surface area (Å²) in [6.07, 6.45) is -14.4. The van der Waals surface area contributed by atoms with Gasteiger partial charge < -0.3 is 9.47 Å². The molecule has 1 aliphatic rings. The molecule has 0 aromatic rings. The zero-order chi connectivity index (χ0) is 24.7. The Hall–Kier alpha value is -2.01. The molecule has 3 atom stereocenters. The maximum atomic E-state index is 13.2. The first kappa shape index (κ1) is 28.0. The van der Waals surface area contributed by atoms with Gasteiger partial charge in [0.05, 0.1) is 24.5 Å². The molecule has 0 aromatic heterocycles. The topological polar surface area (TPSA) is 72.9 Å². The van der Waals surface area contributed by atoms with E-state index >= 15 is 0 Å². The van der Waals surface area contributed by atoms with Gasteiger partial charge in [0.15, 0.2) is 0 Å². The van der Waals surface area contributed by atoms with Gasteiger partial charge in [0.2, 0.25) is 5.91 Å². The molecule has 1 fully saturated rings. The van der Waals surface area contributed by atoms with Crippen LogP contribution in [0.1, 0.15) is 59.3 Å². The Kier molecular flexibility index (Phi) is 10.3. The number of amides is 2. The van der Waals surface area contributed by atoms with Gasteiger partial charge in [0, 0.05) is 12.8 Å². The molecule has 2 unspecified atom stereocenters. The molecular formula is C20H29F6NO5. The molecule has 0 saturated carbocycles. The van der Waals surface area contributed by atoms with Gasteiger partial charge >= 0.3 is 24.4 Å². The van der Waals surface area contributed by atoms with Crippen molar-refractivity contribution < 1.29 is 50.2 Å². The van der Waals surface area contributed by atoms with Crippen molar-refractivity contribution >= 4 is 18.0 Å². The van der Waals surface area contributed by atoms with E-state index in [1.807, 2.05) is 0 Å². The largest absolute Gasteiger partial charge is 0.465 e. The van der Waals surface area contributed by atoms with Crippen molar-refractivity contribution in [3.63, 3.8) is 0 Å². The van der Waals surface area contributed by atoms with Crippen molar-refractivity contribution in [3.8, 4) is 0 Å². The summed E-state index contributed by atoms with van der Waals surface area (Å²) in [5.74, 6) is -6.27. The van der Waals surface area contributed by atoms with E-state index in [9.17, 15) is 40.7 Å². The number of hydrogen-bond donors (Lipinski definition) is 0. The number of alkyl halides is 6. The maximum absolute atomic E-state index is 13.2. The molecule has 12 heteroatoms. The summed E-state index contributed by atoms with van der Waals surface area (Å²) in [7, 11) is 0. The lowest BCUT2D eigenvalue weighted by Crippen LogP contribution is -2.48. The fraction of sp³-hybridized carbons (Fsp3) is 0.850. The quantitative estimate of drug-likeness (QED) is 0.231. The summed E-state index contributed by atoms with van der Waals surface area (Å²) in [6, 6.07) is -0.803. The van der Waals surface area contributed by atoms with Crippen LogP contribution in [-0.2, 0) is 19.1 Å². The van der Waals surface area contributed by atoms with Crippen LogP contribution in [0.4, 0.5) is 31.1 Å². The van der Waals surface area contributed by atoms with Crippen LogP contribution < -0.4 is 0 Å². The predicted octanol–water partition coefficient (Wildman–Crippen LogP) is 5.25. The number of cyclic esters (lactones) is 1. The first-order chi connectivity index (χ1) is 14.7. The van der Waals surface area contributed by atoms with Crippen molar-refractivity contribution in [1.29, 1.82) is 0 Å². The van der Waals surface area contributed by atoms with Gasteiger partial charge in [0.1, 0.15) is 6.61 Å². The number of carbonyl (C=O) groups excluding carboxylic acids is 3. The minimum absolute atomic E-state index is 0.140. The molecule has 0 N–H and O–H groups in total. The van der Waals surface area contributed by atoms with E-state index in [0.29, 0.717) is 17.7 Å². The van der Waals surface area contributed by atoms with E-state index in [2.05, 4.69) is 0 Å². The van der Waals surface area contributed by atoms with Gasteiger partial charge in [0.25, 0.3) is 0 Å². The Labute approximate surface area is 182 Å². The van der Waals surface area contributed by atoms with E-state index in [4.69, 9.17) is 9.47 Å². The number of ether oxygens (including phenoxy) is 2. The van der Waals surface area contributed by atoms with Crippen molar-refractivity contribution in [3.05, 3.63) is 0 Å². The Morgan fingerprint density at radius 1 is 1.06 bits per heavy atom. The van der Waals surface area contributed by atoms with Crippen molar-refractivity contribution in [2.24, 2.45) is 17.8 Å². The SMILES string of the molecule is CCCCOC(=O)C(CCC(F)(F)F)C(CCC(F)(F)F)C(=O)N1C(=O)OC[C@@H]1C(C)C. The monoisotopic (exact) mass is 477 g/mol. The van der Waals surface area contributed by atoms with Crippen LogP contribution in [0.3, 0.4) is 0 Å². The Morgan fingerprint density at radius 2 is 1.59 bits per heavy atom. The standard InChI is InChI=1S/C20H29F6NO5/c1-4-5-10-31-17(29)14(7-9-20(24,25)26)13(6-8-19(21,22)23)16(28)27-15(12(2)3)11-32-18(27)30/h12-15H,4-11H2,1-3H3/t13?,14?,15-/m1/s1. The van der Waals surface area contributed by atoms with Crippen LogP contribution in [0.25, 0.3) is 0 Å². The van der Waals surface area contributed by atoms with E-state index in [1.54, 1.807) is 20.8 Å². The smallest absolute Gasteiger partial charge is 0.416 e. The maximum Gasteiger partial charge on any atom is 0.416 e. The average Bonchev–Trinajstić information content (AvgIpc) is 3.04. The molecule has 1 saturated heterocycles. The molecule has 6 nitrogen and oxygen atoms in total. The van der Waals surface area contributed by atoms with Gasteiger partial charge in [-0.3, -0.25) is 9.59 Å². The molecule has 32 heavy (non-hydrogen) atoms. The van der Waals surface area contributed by atoms with Crippen LogP contribution in [0.2, 0.25) is 0 Å². The number of esters is 1. The van der Waals surface area contributed by atoms with E-state index < -0.39 is 73.9 Å². The first-order valence-electron chi connectivity index (χ1n) is 10.5. The summed E-state index contributed by atoms with van der Waals surface area (Å²) in [6.45, 7) is 4.74. The third-order valence-corrected chi connectivity index (χ3v) is 5.24. The second kappa shape index (κ2) is 11.7. The third-order valence-electron chi connectivity index (χ3n) is 5.24. The molecule has 2 amide bonds. The zero-order valence-corrected chi connectivity index (χ0v) is 18.2. The number of rotatable bonds is 11. The number of halogens is 6. The molecular weight excluding hydrogens is 448 g/mol. The van der Waals surface area contributed by atoms with Crippen LogP contribution in [0, 0.1) is 17.8 Å². The van der Waals surface area contributed by atoms with Crippen LogP contribution in [-0.4, -0.2) is 54.5 Å². The summed E-state index contributed by atoms with van der Waals surface area (Å²) in [5, 5.41) is 0. The van der Waals surface area contributed by atoms with Crippen molar-refractivity contribution in [2.45, 2.75) is 77.7 Å². The van der Waals surface area contributed by atoms with E-state index in [1.165, 1.54) is 0 Å². The van der Waals surface area contributed by atoms with Crippen molar-refractivity contribution in [1.82, 2.24) is 4.90 Å². The molecule has 0 spiro atoms. The molecule has 1 heterocycles. The predicted molar refractivity (Wildman–Crippen MR) is 100 cm³/mol. The minimum Gasteiger partial charge on any atom is -0.465 e. The van der Waals surface area contributed by atoms with Crippen LogP contribution in [0.5, 0.6) is 0 Å².